The number of thiophene rings is 1. The van der Waals surface area contributed by atoms with E-state index >= 15 is 0 Å². The van der Waals surface area contributed by atoms with E-state index in [1.54, 1.807) is 24.6 Å². The summed E-state index contributed by atoms with van der Waals surface area (Å²) in [5, 5.41) is 4.03. The number of hydrogen-bond donors (Lipinski definition) is 0. The molecule has 2 rings (SSSR count). The van der Waals surface area contributed by atoms with E-state index in [1.165, 1.54) is 9.56 Å². The van der Waals surface area contributed by atoms with E-state index in [1.807, 2.05) is 18.0 Å². The maximum Gasteiger partial charge on any atom is 0.282 e. The van der Waals surface area contributed by atoms with Crippen LogP contribution in [0.25, 0.3) is 0 Å². The van der Waals surface area contributed by atoms with Crippen molar-refractivity contribution in [2.24, 2.45) is 7.05 Å². The zero-order valence-corrected chi connectivity index (χ0v) is 13.8. The molecule has 0 unspecified atom stereocenters. The van der Waals surface area contributed by atoms with Crippen LogP contribution in [-0.4, -0.2) is 16.8 Å². The molecule has 0 saturated carbocycles. The molecule has 0 spiro atoms. The molecule has 0 saturated heterocycles. The summed E-state index contributed by atoms with van der Waals surface area (Å²) in [5.74, 6) is 0. The summed E-state index contributed by atoms with van der Waals surface area (Å²) in [5.41, 5.74) is 0.661. The number of nitrogens with zero attached hydrogens (tertiary/aromatic N) is 3. The molecule has 0 aliphatic carbocycles. The molecule has 2 heterocycles. The Morgan fingerprint density at radius 1 is 1.44 bits per heavy atom. The van der Waals surface area contributed by atoms with E-state index in [9.17, 15) is 4.79 Å². The Morgan fingerprint density at radius 2 is 2.17 bits per heavy atom. The first-order chi connectivity index (χ1) is 8.49. The molecule has 0 amide bonds. The maximum absolute atomic E-state index is 11.8. The fraction of sp³-hybridized carbons (Fsp3) is 0.273. The van der Waals surface area contributed by atoms with E-state index in [0.717, 1.165) is 16.0 Å². The summed E-state index contributed by atoms with van der Waals surface area (Å²) >= 11 is 8.45. The first-order valence-corrected chi connectivity index (χ1v) is 7.56. The van der Waals surface area contributed by atoms with Crippen molar-refractivity contribution in [2.75, 3.05) is 11.9 Å². The van der Waals surface area contributed by atoms with Gasteiger partial charge in [-0.3, -0.25) is 4.79 Å². The van der Waals surface area contributed by atoms with Crippen LogP contribution >= 0.6 is 43.2 Å². The van der Waals surface area contributed by atoms with Gasteiger partial charge in [0.05, 0.1) is 22.2 Å². The average molecular weight is 393 g/mol. The Balaban J connectivity index is 2.26. The molecule has 2 aromatic heterocycles. The van der Waals surface area contributed by atoms with Crippen molar-refractivity contribution < 1.29 is 0 Å². The van der Waals surface area contributed by atoms with Gasteiger partial charge in [-0.1, -0.05) is 0 Å². The van der Waals surface area contributed by atoms with Crippen molar-refractivity contribution in [1.82, 2.24) is 9.78 Å². The molecule has 0 aromatic carbocycles. The van der Waals surface area contributed by atoms with Gasteiger partial charge in [0.15, 0.2) is 0 Å². The summed E-state index contributed by atoms with van der Waals surface area (Å²) in [6.07, 6.45) is 1.69. The maximum atomic E-state index is 11.8. The van der Waals surface area contributed by atoms with Crippen LogP contribution in [0.3, 0.4) is 0 Å². The minimum Gasteiger partial charge on any atom is -0.367 e. The van der Waals surface area contributed by atoms with Crippen LogP contribution in [0.1, 0.15) is 4.88 Å². The lowest BCUT2D eigenvalue weighted by Gasteiger charge is -2.19. The smallest absolute Gasteiger partial charge is 0.282 e. The van der Waals surface area contributed by atoms with E-state index < -0.39 is 0 Å². The molecule has 0 radical (unpaired) electrons. The van der Waals surface area contributed by atoms with Crippen LogP contribution < -0.4 is 10.5 Å². The molecule has 18 heavy (non-hydrogen) atoms. The Labute approximate surface area is 125 Å². The van der Waals surface area contributed by atoms with Crippen LogP contribution in [-0.2, 0) is 13.6 Å². The number of aromatic nitrogens is 2. The molecular weight excluding hydrogens is 382 g/mol. The first-order valence-electron chi connectivity index (χ1n) is 5.16. The van der Waals surface area contributed by atoms with Gasteiger partial charge in [-0.15, -0.1) is 11.3 Å². The Morgan fingerprint density at radius 3 is 2.78 bits per heavy atom. The summed E-state index contributed by atoms with van der Waals surface area (Å²) in [6.45, 7) is 0.740. The Kier molecular flexibility index (Phi) is 4.24. The third kappa shape index (κ3) is 2.84. The Bertz CT molecular complexity index is 623. The topological polar surface area (TPSA) is 38.1 Å². The molecule has 0 N–H and O–H groups in total. The number of anilines is 1. The van der Waals surface area contributed by atoms with Crippen LogP contribution in [0, 0.1) is 0 Å². The molecule has 0 fully saturated rings. The third-order valence-corrected chi connectivity index (χ3v) is 4.85. The normalized spacial score (nSPS) is 10.7. The van der Waals surface area contributed by atoms with Crippen molar-refractivity contribution in [3.63, 3.8) is 0 Å². The number of halogens is 2. The summed E-state index contributed by atoms with van der Waals surface area (Å²) in [4.78, 5) is 15.0. The monoisotopic (exact) mass is 391 g/mol. The zero-order valence-electron chi connectivity index (χ0n) is 9.85. The standard InChI is InChI=1S/C11H11Br2N3OS/c1-15(6-7-3-4-9(12)18-7)8-5-14-16(2)11(17)10(8)13/h3-5H,6H2,1-2H3. The number of hydrogen-bond acceptors (Lipinski definition) is 4. The SMILES string of the molecule is CN(Cc1ccc(Br)s1)c1cnn(C)c(=O)c1Br. The minimum absolute atomic E-state index is 0.133. The lowest BCUT2D eigenvalue weighted by molar-refractivity contribution is 0.698. The fourth-order valence-corrected chi connectivity index (χ4v) is 3.72. The molecule has 2 aromatic rings. The van der Waals surface area contributed by atoms with E-state index in [0.29, 0.717) is 4.47 Å². The van der Waals surface area contributed by atoms with Crippen LogP contribution in [0.5, 0.6) is 0 Å². The van der Waals surface area contributed by atoms with Gasteiger partial charge >= 0.3 is 0 Å². The van der Waals surface area contributed by atoms with Gasteiger partial charge in [0.25, 0.3) is 5.56 Å². The molecule has 4 nitrogen and oxygen atoms in total. The molecule has 96 valence electrons. The highest BCUT2D eigenvalue weighted by molar-refractivity contribution is 9.11. The Hall–Kier alpha value is -0.660. The number of aryl methyl sites for hydroxylation is 1. The summed E-state index contributed by atoms with van der Waals surface area (Å²) in [6, 6.07) is 4.08. The second-order valence-corrected chi connectivity index (χ2v) is 7.17. The van der Waals surface area contributed by atoms with Crippen molar-refractivity contribution >= 4 is 48.9 Å². The second kappa shape index (κ2) is 5.54. The molecule has 0 aliphatic heterocycles. The highest BCUT2D eigenvalue weighted by Crippen LogP contribution is 2.26. The van der Waals surface area contributed by atoms with Crippen LogP contribution in [0.4, 0.5) is 5.69 Å². The lowest BCUT2D eigenvalue weighted by Crippen LogP contribution is -2.25. The third-order valence-electron chi connectivity index (χ3n) is 2.49. The molecule has 7 heteroatoms. The van der Waals surface area contributed by atoms with E-state index in [-0.39, 0.29) is 5.56 Å². The fourth-order valence-electron chi connectivity index (χ4n) is 1.52. The van der Waals surface area contributed by atoms with Gasteiger partial charge in [0.1, 0.15) is 4.47 Å². The molecule has 0 aliphatic rings. The van der Waals surface area contributed by atoms with Gasteiger partial charge in [0, 0.05) is 19.0 Å². The van der Waals surface area contributed by atoms with Gasteiger partial charge in [-0.2, -0.15) is 5.10 Å². The first kappa shape index (κ1) is 13.8. The predicted molar refractivity (Wildman–Crippen MR) is 81.3 cm³/mol. The summed E-state index contributed by atoms with van der Waals surface area (Å²) < 4.78 is 2.95. The van der Waals surface area contributed by atoms with Crippen LogP contribution in [0.2, 0.25) is 0 Å². The zero-order chi connectivity index (χ0) is 13.3. The average Bonchev–Trinajstić information content (AvgIpc) is 2.71. The lowest BCUT2D eigenvalue weighted by atomic mass is 10.3. The molecule has 0 bridgehead atoms. The quantitative estimate of drug-likeness (QED) is 0.805. The predicted octanol–water partition coefficient (Wildman–Crippen LogP) is 3.00. The van der Waals surface area contributed by atoms with Crippen molar-refractivity contribution in [2.45, 2.75) is 6.54 Å². The van der Waals surface area contributed by atoms with Crippen molar-refractivity contribution in [3.05, 3.63) is 41.8 Å². The van der Waals surface area contributed by atoms with E-state index in [2.05, 4.69) is 43.0 Å². The van der Waals surface area contributed by atoms with Crippen molar-refractivity contribution in [1.29, 1.82) is 0 Å². The molecule has 0 atom stereocenters. The number of rotatable bonds is 3. The van der Waals surface area contributed by atoms with Gasteiger partial charge in [0.2, 0.25) is 0 Å². The molecular formula is C11H11Br2N3OS. The van der Waals surface area contributed by atoms with Gasteiger partial charge in [-0.25, -0.2) is 4.68 Å². The van der Waals surface area contributed by atoms with Crippen LogP contribution in [0.15, 0.2) is 31.4 Å². The van der Waals surface area contributed by atoms with Gasteiger partial charge in [-0.05, 0) is 44.0 Å². The highest BCUT2D eigenvalue weighted by atomic mass is 79.9. The van der Waals surface area contributed by atoms with Crippen molar-refractivity contribution in [3.8, 4) is 0 Å². The summed E-state index contributed by atoms with van der Waals surface area (Å²) in [7, 11) is 3.57. The van der Waals surface area contributed by atoms with Gasteiger partial charge < -0.3 is 4.90 Å². The highest BCUT2D eigenvalue weighted by Gasteiger charge is 2.12. The van der Waals surface area contributed by atoms with E-state index in [4.69, 9.17) is 0 Å². The minimum atomic E-state index is -0.133. The second-order valence-electron chi connectivity index (χ2n) is 3.83. The largest absolute Gasteiger partial charge is 0.367 e.